The lowest BCUT2D eigenvalue weighted by Gasteiger charge is -2.36. The highest BCUT2D eigenvalue weighted by molar-refractivity contribution is 7.92. The zero-order valence-electron chi connectivity index (χ0n) is 26.7. The zero-order chi connectivity index (χ0) is 33.1. The van der Waals surface area contributed by atoms with Crippen molar-refractivity contribution in [1.82, 2.24) is 15.1 Å². The molecule has 2 aliphatic rings. The number of furan rings is 1. The third kappa shape index (κ3) is 7.19. The van der Waals surface area contributed by atoms with Gasteiger partial charge in [0, 0.05) is 68.5 Å². The Balaban J connectivity index is 1.01. The number of amides is 2. The highest BCUT2D eigenvalue weighted by Crippen LogP contribution is 2.25. The summed E-state index contributed by atoms with van der Waals surface area (Å²) in [5, 5.41) is 12.3. The maximum atomic E-state index is 13.4. The van der Waals surface area contributed by atoms with Gasteiger partial charge in [-0.1, -0.05) is 12.1 Å². The lowest BCUT2D eigenvalue weighted by Crippen LogP contribution is -2.48. The number of benzene rings is 3. The summed E-state index contributed by atoms with van der Waals surface area (Å²) in [4.78, 5) is 33.1. The van der Waals surface area contributed by atoms with Crippen molar-refractivity contribution in [3.8, 4) is 6.07 Å². The Bertz CT molecular complexity index is 1900. The van der Waals surface area contributed by atoms with Crippen molar-refractivity contribution in [2.75, 3.05) is 44.2 Å². The van der Waals surface area contributed by atoms with E-state index in [0.717, 1.165) is 43.7 Å². The lowest BCUT2D eigenvalue weighted by atomic mass is 10.0. The van der Waals surface area contributed by atoms with Crippen LogP contribution in [0.1, 0.15) is 58.7 Å². The van der Waals surface area contributed by atoms with E-state index in [1.165, 1.54) is 0 Å². The van der Waals surface area contributed by atoms with Gasteiger partial charge in [0.2, 0.25) is 0 Å². The maximum Gasteiger partial charge on any atom is 0.287 e. The van der Waals surface area contributed by atoms with Crippen molar-refractivity contribution in [2.24, 2.45) is 0 Å². The normalized spacial score (nSPS) is 16.4. The van der Waals surface area contributed by atoms with E-state index in [1.807, 2.05) is 41.3 Å². The SMILES string of the molecule is CC(C)S(=O)(=O)c1ccc(N2CCN(C(=O)c3ccc4oc(C(=O)NC5CCN(Cc6ccc(C#N)cc6)CC5)cc4c3)CC2)cc1. The van der Waals surface area contributed by atoms with Gasteiger partial charge in [-0.3, -0.25) is 14.5 Å². The molecule has 4 aromatic rings. The molecule has 47 heavy (non-hydrogen) atoms. The minimum Gasteiger partial charge on any atom is -0.451 e. The highest BCUT2D eigenvalue weighted by atomic mass is 32.2. The number of hydrogen-bond acceptors (Lipinski definition) is 8. The topological polar surface area (TPSA) is 127 Å². The molecule has 1 N–H and O–H groups in total. The van der Waals surface area contributed by atoms with Crippen LogP contribution in [0.5, 0.6) is 0 Å². The molecule has 0 bridgehead atoms. The molecule has 0 atom stereocenters. The number of carbonyl (C=O) groups is 2. The molecule has 2 fully saturated rings. The number of likely N-dealkylation sites (tertiary alicyclic amines) is 1. The Labute approximate surface area is 275 Å². The largest absolute Gasteiger partial charge is 0.451 e. The van der Waals surface area contributed by atoms with Crippen molar-refractivity contribution in [3.63, 3.8) is 0 Å². The molecular weight excluding hydrogens is 614 g/mol. The quantitative estimate of drug-likeness (QED) is 0.286. The highest BCUT2D eigenvalue weighted by Gasteiger charge is 2.26. The van der Waals surface area contributed by atoms with Crippen LogP contribution < -0.4 is 10.2 Å². The van der Waals surface area contributed by atoms with E-state index in [-0.39, 0.29) is 23.6 Å². The third-order valence-corrected chi connectivity index (χ3v) is 11.3. The molecule has 0 unspecified atom stereocenters. The predicted molar refractivity (Wildman–Crippen MR) is 180 cm³/mol. The first-order valence-electron chi connectivity index (χ1n) is 16.0. The van der Waals surface area contributed by atoms with E-state index in [1.54, 1.807) is 50.2 Å². The minimum atomic E-state index is -3.32. The molecule has 2 aliphatic heterocycles. The number of piperidine rings is 1. The molecular formula is C36H39N5O5S. The second-order valence-corrected chi connectivity index (χ2v) is 15.1. The lowest BCUT2D eigenvalue weighted by molar-refractivity contribution is 0.0746. The average Bonchev–Trinajstić information content (AvgIpc) is 3.53. The first-order chi connectivity index (χ1) is 22.6. The standard InChI is InChI=1S/C36H39N5O5S/c1-25(2)47(44,45)32-10-8-31(9-11-32)40-17-19-41(20-18-40)36(43)28-7-12-33-29(21-28)22-34(46-33)35(42)38-30-13-15-39(16-14-30)24-27-5-3-26(23-37)4-6-27/h3-12,21-22,25,30H,13-20,24H2,1-2H3,(H,38,42). The minimum absolute atomic E-state index is 0.0507. The van der Waals surface area contributed by atoms with Gasteiger partial charge in [-0.2, -0.15) is 5.26 Å². The molecule has 244 valence electrons. The number of hydrogen-bond donors (Lipinski definition) is 1. The van der Waals surface area contributed by atoms with E-state index >= 15 is 0 Å². The van der Waals surface area contributed by atoms with Crippen LogP contribution in [0, 0.1) is 11.3 Å². The summed E-state index contributed by atoms with van der Waals surface area (Å²) in [7, 11) is -3.32. The van der Waals surface area contributed by atoms with Crippen LogP contribution in [0.3, 0.4) is 0 Å². The number of carbonyl (C=O) groups excluding carboxylic acids is 2. The van der Waals surface area contributed by atoms with E-state index in [0.29, 0.717) is 53.2 Å². The van der Waals surface area contributed by atoms with Crippen molar-refractivity contribution < 1.29 is 22.4 Å². The van der Waals surface area contributed by atoms with Gasteiger partial charge in [0.25, 0.3) is 11.8 Å². The maximum absolute atomic E-state index is 13.4. The Morgan fingerprint density at radius 1 is 0.915 bits per heavy atom. The molecule has 0 saturated carbocycles. The van der Waals surface area contributed by atoms with Crippen LogP contribution in [0.2, 0.25) is 0 Å². The van der Waals surface area contributed by atoms with Gasteiger partial charge in [0.15, 0.2) is 15.6 Å². The summed E-state index contributed by atoms with van der Waals surface area (Å²) >= 11 is 0. The van der Waals surface area contributed by atoms with Crippen molar-refractivity contribution >= 4 is 38.3 Å². The van der Waals surface area contributed by atoms with E-state index in [2.05, 4.69) is 21.2 Å². The van der Waals surface area contributed by atoms with E-state index in [9.17, 15) is 18.0 Å². The van der Waals surface area contributed by atoms with Gasteiger partial charge in [-0.15, -0.1) is 0 Å². The van der Waals surface area contributed by atoms with Crippen LogP contribution in [0.4, 0.5) is 5.69 Å². The summed E-state index contributed by atoms with van der Waals surface area (Å²) in [6, 6.07) is 23.8. The number of rotatable bonds is 8. The second-order valence-electron chi connectivity index (χ2n) is 12.6. The van der Waals surface area contributed by atoms with E-state index in [4.69, 9.17) is 9.68 Å². The fourth-order valence-electron chi connectivity index (χ4n) is 6.19. The molecule has 3 aromatic carbocycles. The number of nitrogens with one attached hydrogen (secondary N) is 1. The number of sulfone groups is 1. The van der Waals surface area contributed by atoms with Crippen molar-refractivity contribution in [2.45, 2.75) is 49.4 Å². The molecule has 11 heteroatoms. The summed E-state index contributed by atoms with van der Waals surface area (Å²) in [6.45, 7) is 8.22. The fourth-order valence-corrected chi connectivity index (χ4v) is 7.25. The van der Waals surface area contributed by atoms with Crippen LogP contribution in [0.15, 0.2) is 82.1 Å². The van der Waals surface area contributed by atoms with Crippen LogP contribution in [-0.2, 0) is 16.4 Å². The average molecular weight is 654 g/mol. The summed E-state index contributed by atoms with van der Waals surface area (Å²) in [6.07, 6.45) is 1.67. The third-order valence-electron chi connectivity index (χ3n) is 9.12. The molecule has 2 saturated heterocycles. The Hall–Kier alpha value is -4.66. The number of nitrogens with zero attached hydrogens (tertiary/aromatic N) is 4. The molecule has 6 rings (SSSR count). The Kier molecular flexibility index (Phi) is 9.34. The molecule has 0 radical (unpaired) electrons. The second kappa shape index (κ2) is 13.6. The van der Waals surface area contributed by atoms with Crippen molar-refractivity contribution in [1.29, 1.82) is 5.26 Å². The zero-order valence-corrected chi connectivity index (χ0v) is 27.5. The van der Waals surface area contributed by atoms with Gasteiger partial charge in [-0.05, 0) is 92.9 Å². The first-order valence-corrected chi connectivity index (χ1v) is 17.6. The summed E-state index contributed by atoms with van der Waals surface area (Å²) in [5.74, 6) is -0.110. The molecule has 1 aromatic heterocycles. The smallest absolute Gasteiger partial charge is 0.287 e. The molecule has 10 nitrogen and oxygen atoms in total. The number of piperazine rings is 1. The fraction of sp³-hybridized carbons (Fsp3) is 0.361. The van der Waals surface area contributed by atoms with Gasteiger partial charge < -0.3 is 19.5 Å². The van der Waals surface area contributed by atoms with Gasteiger partial charge in [-0.25, -0.2) is 8.42 Å². The molecule has 0 spiro atoms. The molecule has 0 aliphatic carbocycles. The van der Waals surface area contributed by atoms with Crippen LogP contribution >= 0.6 is 0 Å². The summed E-state index contributed by atoms with van der Waals surface area (Å²) in [5.41, 5.74) is 3.84. The van der Waals surface area contributed by atoms with Crippen LogP contribution in [-0.4, -0.2) is 80.6 Å². The number of anilines is 1. The van der Waals surface area contributed by atoms with Gasteiger partial charge >= 0.3 is 0 Å². The van der Waals surface area contributed by atoms with Gasteiger partial charge in [0.1, 0.15) is 5.58 Å². The summed E-state index contributed by atoms with van der Waals surface area (Å²) < 4.78 is 30.8. The van der Waals surface area contributed by atoms with Crippen LogP contribution in [0.25, 0.3) is 11.0 Å². The van der Waals surface area contributed by atoms with Crippen molar-refractivity contribution in [3.05, 3.63) is 95.2 Å². The predicted octanol–water partition coefficient (Wildman–Crippen LogP) is 4.84. The van der Waals surface area contributed by atoms with Gasteiger partial charge in [0.05, 0.1) is 21.8 Å². The monoisotopic (exact) mass is 653 g/mol. The Morgan fingerprint density at radius 2 is 1.60 bits per heavy atom. The Morgan fingerprint density at radius 3 is 2.23 bits per heavy atom. The number of nitriles is 1. The first kappa shape index (κ1) is 32.3. The number of fused-ring (bicyclic) bond motifs is 1. The molecule has 3 heterocycles. The van der Waals surface area contributed by atoms with E-state index < -0.39 is 15.1 Å². The molecule has 2 amide bonds.